The van der Waals surface area contributed by atoms with Crippen LogP contribution in [0, 0.1) is 0 Å². The Morgan fingerprint density at radius 1 is 1.07 bits per heavy atom. The largest absolute Gasteiger partial charge is 0.489 e. The fraction of sp³-hybridized carbons (Fsp3) is 0.409. The van der Waals surface area contributed by atoms with Gasteiger partial charge in [-0.1, -0.05) is 42.5 Å². The highest BCUT2D eigenvalue weighted by molar-refractivity contribution is 5.85. The minimum absolute atomic E-state index is 0. The molecule has 2 aromatic rings. The number of halogens is 1. The van der Waals surface area contributed by atoms with Gasteiger partial charge in [-0.15, -0.1) is 12.4 Å². The van der Waals surface area contributed by atoms with Crippen molar-refractivity contribution >= 4 is 18.3 Å². The molecule has 0 spiro atoms. The number of rotatable bonds is 8. The Balaban J connectivity index is 0.00000280. The topological polar surface area (TPSA) is 73.6 Å². The van der Waals surface area contributed by atoms with Crippen molar-refractivity contribution < 1.29 is 14.3 Å². The van der Waals surface area contributed by atoms with Crippen LogP contribution in [0.5, 0.6) is 5.75 Å². The first kappa shape index (κ1) is 22.2. The van der Waals surface area contributed by atoms with Crippen LogP contribution in [-0.4, -0.2) is 25.7 Å². The van der Waals surface area contributed by atoms with Gasteiger partial charge in [0.15, 0.2) is 0 Å². The second-order valence-electron chi connectivity index (χ2n) is 6.93. The van der Waals surface area contributed by atoms with Crippen LogP contribution in [0.3, 0.4) is 0 Å². The quantitative estimate of drug-likeness (QED) is 0.705. The molecule has 1 saturated heterocycles. The smallest absolute Gasteiger partial charge is 0.220 e. The maximum atomic E-state index is 12.3. The Morgan fingerprint density at radius 3 is 2.39 bits per heavy atom. The molecule has 28 heavy (non-hydrogen) atoms. The van der Waals surface area contributed by atoms with Crippen LogP contribution >= 0.6 is 12.4 Å². The predicted octanol–water partition coefficient (Wildman–Crippen LogP) is 3.55. The number of hydrogen-bond donors (Lipinski definition) is 2. The van der Waals surface area contributed by atoms with Crippen molar-refractivity contribution in [2.24, 2.45) is 5.73 Å². The van der Waals surface area contributed by atoms with Gasteiger partial charge in [0.1, 0.15) is 12.4 Å². The van der Waals surface area contributed by atoms with Gasteiger partial charge >= 0.3 is 0 Å². The van der Waals surface area contributed by atoms with Gasteiger partial charge in [0, 0.05) is 19.6 Å². The van der Waals surface area contributed by atoms with Crippen molar-refractivity contribution in [3.05, 3.63) is 65.7 Å². The summed E-state index contributed by atoms with van der Waals surface area (Å²) in [5.41, 5.74) is 7.38. The predicted molar refractivity (Wildman–Crippen MR) is 113 cm³/mol. The van der Waals surface area contributed by atoms with Gasteiger partial charge in [0.2, 0.25) is 5.91 Å². The molecule has 1 fully saturated rings. The van der Waals surface area contributed by atoms with E-state index >= 15 is 0 Å². The van der Waals surface area contributed by atoms with Gasteiger partial charge in [-0.2, -0.15) is 0 Å². The molecule has 152 valence electrons. The lowest BCUT2D eigenvalue weighted by molar-refractivity contribution is -0.124. The Hall–Kier alpha value is -2.08. The molecule has 5 nitrogen and oxygen atoms in total. The van der Waals surface area contributed by atoms with Crippen LogP contribution in [-0.2, 0) is 21.7 Å². The van der Waals surface area contributed by atoms with Gasteiger partial charge in [0.05, 0.1) is 5.54 Å². The zero-order valence-electron chi connectivity index (χ0n) is 16.1. The van der Waals surface area contributed by atoms with Crippen molar-refractivity contribution in [1.29, 1.82) is 0 Å². The second-order valence-corrected chi connectivity index (χ2v) is 6.93. The lowest BCUT2D eigenvalue weighted by Crippen LogP contribution is -2.49. The number of benzene rings is 2. The third kappa shape index (κ3) is 5.96. The minimum Gasteiger partial charge on any atom is -0.489 e. The highest BCUT2D eigenvalue weighted by Crippen LogP contribution is 2.33. The van der Waals surface area contributed by atoms with Crippen LogP contribution in [0.15, 0.2) is 54.6 Å². The molecular formula is C22H29ClN2O3. The molecule has 3 N–H and O–H groups in total. The van der Waals surface area contributed by atoms with Gasteiger partial charge in [0.25, 0.3) is 0 Å². The molecule has 0 aromatic heterocycles. The zero-order chi connectivity index (χ0) is 19.0. The SMILES string of the molecule is Cl.NCCCC(=O)NC1(c2ccc(OCc3ccccc3)cc2)CCOCC1. The first-order valence-corrected chi connectivity index (χ1v) is 9.58. The summed E-state index contributed by atoms with van der Waals surface area (Å²) in [7, 11) is 0. The zero-order valence-corrected chi connectivity index (χ0v) is 16.9. The number of carbonyl (C=O) groups is 1. The Labute approximate surface area is 173 Å². The Kier molecular flexibility index (Phi) is 8.77. The van der Waals surface area contributed by atoms with E-state index in [9.17, 15) is 4.79 Å². The Morgan fingerprint density at radius 2 is 1.75 bits per heavy atom. The van der Waals surface area contributed by atoms with Crippen LogP contribution in [0.25, 0.3) is 0 Å². The highest BCUT2D eigenvalue weighted by Gasteiger charge is 2.35. The monoisotopic (exact) mass is 404 g/mol. The van der Waals surface area contributed by atoms with Crippen molar-refractivity contribution in [3.63, 3.8) is 0 Å². The molecule has 0 unspecified atom stereocenters. The van der Waals surface area contributed by atoms with Gasteiger partial charge in [-0.05, 0) is 49.1 Å². The lowest BCUT2D eigenvalue weighted by Gasteiger charge is -2.38. The van der Waals surface area contributed by atoms with E-state index in [2.05, 4.69) is 17.4 Å². The maximum absolute atomic E-state index is 12.3. The second kappa shape index (κ2) is 11.1. The number of nitrogens with two attached hydrogens (primary N) is 1. The summed E-state index contributed by atoms with van der Waals surface area (Å²) >= 11 is 0. The van der Waals surface area contributed by atoms with Crippen molar-refractivity contribution in [2.45, 2.75) is 37.8 Å². The number of amides is 1. The van der Waals surface area contributed by atoms with Crippen molar-refractivity contribution in [2.75, 3.05) is 19.8 Å². The van der Waals surface area contributed by atoms with Crippen LogP contribution in [0.4, 0.5) is 0 Å². The van der Waals surface area contributed by atoms with Crippen LogP contribution in [0.2, 0.25) is 0 Å². The van der Waals surface area contributed by atoms with Crippen molar-refractivity contribution in [1.82, 2.24) is 5.32 Å². The van der Waals surface area contributed by atoms with Crippen LogP contribution < -0.4 is 15.8 Å². The molecule has 2 aromatic carbocycles. The van der Waals surface area contributed by atoms with E-state index in [1.807, 2.05) is 42.5 Å². The molecule has 0 bridgehead atoms. The van der Waals surface area contributed by atoms with E-state index in [-0.39, 0.29) is 23.9 Å². The van der Waals surface area contributed by atoms with Gasteiger partial charge < -0.3 is 20.5 Å². The summed E-state index contributed by atoms with van der Waals surface area (Å²) in [5, 5.41) is 3.25. The molecule has 0 aliphatic carbocycles. The highest BCUT2D eigenvalue weighted by atomic mass is 35.5. The number of ether oxygens (including phenoxy) is 2. The minimum atomic E-state index is -0.373. The molecule has 0 saturated carbocycles. The van der Waals surface area contributed by atoms with Gasteiger partial charge in [-0.3, -0.25) is 4.79 Å². The summed E-state index contributed by atoms with van der Waals surface area (Å²) in [6, 6.07) is 18.1. The summed E-state index contributed by atoms with van der Waals surface area (Å²) in [6.07, 6.45) is 2.69. The molecule has 6 heteroatoms. The number of carbonyl (C=O) groups excluding carboxylic acids is 1. The maximum Gasteiger partial charge on any atom is 0.220 e. The summed E-state index contributed by atoms with van der Waals surface area (Å²) in [5.74, 6) is 0.867. The standard InChI is InChI=1S/C22H28N2O3.ClH/c23-14-4-7-21(25)24-22(12-15-26-16-13-22)19-8-10-20(11-9-19)27-17-18-5-2-1-3-6-18;/h1-3,5-6,8-11H,4,7,12-17,23H2,(H,24,25);1H. The molecule has 1 heterocycles. The molecule has 1 amide bonds. The Bertz CT molecular complexity index is 716. The molecule has 0 radical (unpaired) electrons. The van der Waals surface area contributed by atoms with E-state index in [0.29, 0.717) is 39.2 Å². The molecular weight excluding hydrogens is 376 g/mol. The molecule has 1 aliphatic heterocycles. The summed E-state index contributed by atoms with van der Waals surface area (Å²) in [4.78, 5) is 12.3. The lowest BCUT2D eigenvalue weighted by atomic mass is 9.82. The molecule has 1 aliphatic rings. The summed E-state index contributed by atoms with van der Waals surface area (Å²) in [6.45, 7) is 2.35. The third-order valence-corrected chi connectivity index (χ3v) is 4.99. The first-order chi connectivity index (χ1) is 13.2. The van der Waals surface area contributed by atoms with Gasteiger partial charge in [-0.25, -0.2) is 0 Å². The van der Waals surface area contributed by atoms with Crippen molar-refractivity contribution in [3.8, 4) is 5.75 Å². The fourth-order valence-electron chi connectivity index (χ4n) is 3.41. The molecule has 3 rings (SSSR count). The first-order valence-electron chi connectivity index (χ1n) is 9.58. The van der Waals surface area contributed by atoms with E-state index in [1.54, 1.807) is 0 Å². The average Bonchev–Trinajstić information content (AvgIpc) is 2.72. The number of nitrogens with one attached hydrogen (secondary N) is 1. The normalized spacial score (nSPS) is 15.3. The van der Waals surface area contributed by atoms with E-state index < -0.39 is 0 Å². The fourth-order valence-corrected chi connectivity index (χ4v) is 3.41. The van der Waals surface area contributed by atoms with E-state index in [0.717, 1.165) is 29.7 Å². The van der Waals surface area contributed by atoms with E-state index in [4.69, 9.17) is 15.2 Å². The summed E-state index contributed by atoms with van der Waals surface area (Å²) < 4.78 is 11.4. The number of hydrogen-bond acceptors (Lipinski definition) is 4. The average molecular weight is 405 g/mol. The molecule has 0 atom stereocenters. The van der Waals surface area contributed by atoms with E-state index in [1.165, 1.54) is 0 Å². The van der Waals surface area contributed by atoms with Crippen LogP contribution in [0.1, 0.15) is 36.8 Å². The third-order valence-electron chi connectivity index (χ3n) is 4.99.